The van der Waals surface area contributed by atoms with E-state index in [1.165, 1.54) is 5.57 Å². The molecular weight excluding hydrogens is 696 g/mol. The van der Waals surface area contributed by atoms with E-state index < -0.39 is 90.5 Å². The summed E-state index contributed by atoms with van der Waals surface area (Å²) in [4.78, 5) is 13.1. The second kappa shape index (κ2) is 13.8. The fourth-order valence-corrected chi connectivity index (χ4v) is 14.0. The minimum Gasteiger partial charge on any atom is -0.481 e. The summed E-state index contributed by atoms with van der Waals surface area (Å²) in [7, 11) is 0. The van der Waals surface area contributed by atoms with Gasteiger partial charge in [0.1, 0.15) is 30.5 Å². The predicted octanol–water partition coefficient (Wildman–Crippen LogP) is 2.93. The maximum atomic E-state index is 13.1. The maximum absolute atomic E-state index is 13.1. The van der Waals surface area contributed by atoms with E-state index in [-0.39, 0.29) is 52.9 Å². The normalized spacial score (nSPS) is 54.4. The molecule has 6 fully saturated rings. The highest BCUT2D eigenvalue weighted by atomic mass is 16.7. The molecule has 54 heavy (non-hydrogen) atoms. The van der Waals surface area contributed by atoms with Crippen LogP contribution < -0.4 is 0 Å². The van der Waals surface area contributed by atoms with Gasteiger partial charge < -0.3 is 55.1 Å². The first kappa shape index (κ1) is 40.7. The van der Waals surface area contributed by atoms with E-state index in [0.29, 0.717) is 19.3 Å². The number of hydrogen-bond donors (Lipinski definition) is 8. The Morgan fingerprint density at radius 3 is 2.28 bits per heavy atom. The number of fused-ring (bicyclic) bond motifs is 7. The first-order valence-corrected chi connectivity index (χ1v) is 20.4. The Morgan fingerprint density at radius 2 is 1.61 bits per heavy atom. The average molecular weight is 763 g/mol. The van der Waals surface area contributed by atoms with Crippen molar-refractivity contribution < 1.29 is 59.9 Å². The number of aliphatic hydroxyl groups is 7. The Labute approximate surface area is 319 Å². The second-order valence-corrected chi connectivity index (χ2v) is 19.9. The quantitative estimate of drug-likeness (QED) is 0.184. The molecule has 0 spiro atoms. The van der Waals surface area contributed by atoms with Gasteiger partial charge in [-0.1, -0.05) is 65.3 Å². The molecule has 1 aliphatic heterocycles. The molecule has 19 unspecified atom stereocenters. The van der Waals surface area contributed by atoms with Gasteiger partial charge in [0.25, 0.3) is 0 Å². The van der Waals surface area contributed by atoms with Crippen molar-refractivity contribution in [1.29, 1.82) is 0 Å². The van der Waals surface area contributed by atoms with Crippen LogP contribution in [0.3, 0.4) is 0 Å². The Balaban J connectivity index is 1.15. The Bertz CT molecular complexity index is 1500. The summed E-state index contributed by atoms with van der Waals surface area (Å²) in [5.41, 5.74) is 0.532. The molecule has 0 bridgehead atoms. The van der Waals surface area contributed by atoms with Gasteiger partial charge >= 0.3 is 5.97 Å². The molecule has 1 heterocycles. The number of hydrogen-bond acceptors (Lipinski definition) is 11. The molecule has 7 rings (SSSR count). The van der Waals surface area contributed by atoms with E-state index in [2.05, 4.69) is 54.2 Å². The van der Waals surface area contributed by atoms with Crippen LogP contribution in [0.25, 0.3) is 0 Å². The Kier molecular flexibility index (Phi) is 10.4. The summed E-state index contributed by atoms with van der Waals surface area (Å²) < 4.78 is 18.0. The smallest absolute Gasteiger partial charge is 0.310 e. The third-order valence-electron chi connectivity index (χ3n) is 17.3. The lowest BCUT2D eigenvalue weighted by molar-refractivity contribution is -0.320. The zero-order chi connectivity index (χ0) is 39.5. The van der Waals surface area contributed by atoms with Crippen molar-refractivity contribution in [2.75, 3.05) is 13.2 Å². The van der Waals surface area contributed by atoms with Crippen molar-refractivity contribution in [3.63, 3.8) is 0 Å². The summed E-state index contributed by atoms with van der Waals surface area (Å²) in [6.07, 6.45) is -4.08. The van der Waals surface area contributed by atoms with Crippen LogP contribution in [0.15, 0.2) is 23.8 Å². The van der Waals surface area contributed by atoms with E-state index in [4.69, 9.17) is 14.2 Å². The summed E-state index contributed by atoms with van der Waals surface area (Å²) in [6, 6.07) is 0. The van der Waals surface area contributed by atoms with Gasteiger partial charge in [0.2, 0.25) is 0 Å². The summed E-state index contributed by atoms with van der Waals surface area (Å²) in [5.74, 6) is -1.03. The van der Waals surface area contributed by atoms with Crippen LogP contribution in [-0.4, -0.2) is 121 Å². The third-order valence-corrected chi connectivity index (χ3v) is 17.3. The predicted molar refractivity (Wildman–Crippen MR) is 196 cm³/mol. The molecule has 1 saturated heterocycles. The topological polar surface area (TPSA) is 207 Å². The number of aliphatic carboxylic acids is 1. The summed E-state index contributed by atoms with van der Waals surface area (Å²) in [5, 5.41) is 86.5. The molecule has 0 aromatic carbocycles. The van der Waals surface area contributed by atoms with Gasteiger partial charge in [-0.05, 0) is 97.2 Å². The third kappa shape index (κ3) is 5.70. The van der Waals surface area contributed by atoms with Crippen molar-refractivity contribution in [3.05, 3.63) is 23.8 Å². The molecule has 8 N–H and O–H groups in total. The van der Waals surface area contributed by atoms with Crippen molar-refractivity contribution in [3.8, 4) is 0 Å². The van der Waals surface area contributed by atoms with E-state index in [1.807, 2.05) is 0 Å². The lowest BCUT2D eigenvalue weighted by Gasteiger charge is -2.71. The van der Waals surface area contributed by atoms with Crippen LogP contribution in [0.1, 0.15) is 99.3 Å². The molecule has 0 amide bonds. The Morgan fingerprint density at radius 1 is 0.907 bits per heavy atom. The monoisotopic (exact) mass is 762 g/mol. The van der Waals surface area contributed by atoms with Crippen LogP contribution in [0.2, 0.25) is 0 Å². The fraction of sp³-hybridized carbons (Fsp3) is 0.881. The van der Waals surface area contributed by atoms with Gasteiger partial charge in [-0.25, -0.2) is 0 Å². The zero-order valence-corrected chi connectivity index (χ0v) is 32.9. The Hall–Kier alpha value is -1.45. The fourth-order valence-electron chi connectivity index (χ4n) is 14.0. The van der Waals surface area contributed by atoms with Gasteiger partial charge in [0.05, 0.1) is 36.4 Å². The molecule has 12 nitrogen and oxygen atoms in total. The van der Waals surface area contributed by atoms with Crippen molar-refractivity contribution in [2.24, 2.45) is 56.7 Å². The highest BCUT2D eigenvalue weighted by molar-refractivity contribution is 5.77. The maximum Gasteiger partial charge on any atom is 0.310 e. The van der Waals surface area contributed by atoms with Gasteiger partial charge in [-0.2, -0.15) is 0 Å². The van der Waals surface area contributed by atoms with Gasteiger partial charge in [0, 0.05) is 18.4 Å². The van der Waals surface area contributed by atoms with Crippen LogP contribution in [-0.2, 0) is 19.0 Å². The molecule has 0 aromatic rings. The number of carboxylic acids is 1. The summed E-state index contributed by atoms with van der Waals surface area (Å²) in [6.45, 7) is 17.2. The molecule has 7 aliphatic rings. The van der Waals surface area contributed by atoms with Crippen molar-refractivity contribution >= 4 is 5.97 Å². The van der Waals surface area contributed by atoms with Crippen LogP contribution in [0.5, 0.6) is 0 Å². The zero-order valence-electron chi connectivity index (χ0n) is 32.9. The molecule has 306 valence electrons. The highest BCUT2D eigenvalue weighted by Gasteiger charge is 2.70. The minimum absolute atomic E-state index is 0.0786. The molecule has 0 aromatic heterocycles. The minimum atomic E-state index is -1.64. The summed E-state index contributed by atoms with van der Waals surface area (Å²) >= 11 is 0. The highest BCUT2D eigenvalue weighted by Crippen LogP contribution is 2.76. The van der Waals surface area contributed by atoms with Crippen LogP contribution >= 0.6 is 0 Å². The molecule has 12 heteroatoms. The lowest BCUT2D eigenvalue weighted by atomic mass is 9.33. The number of aliphatic hydroxyl groups excluding tert-OH is 7. The largest absolute Gasteiger partial charge is 0.481 e. The van der Waals surface area contributed by atoms with E-state index in [0.717, 1.165) is 37.7 Å². The number of carbonyl (C=O) groups is 1. The SMILES string of the molecule is C=C1CCC2(C(=O)O)CCC3(C)C(=CCC4C5(C)CC(O)C(OC6CC(CO)C(O)C(OC7OCC(O)C(O)C7O)C6O)C(C)(C)C5CCC43C)C2C1C. The number of allylic oxidation sites excluding steroid dienone is 3. The average Bonchev–Trinajstić information content (AvgIpc) is 3.10. The van der Waals surface area contributed by atoms with Gasteiger partial charge in [0.15, 0.2) is 6.29 Å². The number of carboxylic acid groups (broad SMARTS) is 1. The number of ether oxygens (including phenoxy) is 3. The second-order valence-electron chi connectivity index (χ2n) is 19.9. The molecule has 6 aliphatic carbocycles. The molecule has 0 radical (unpaired) electrons. The first-order valence-electron chi connectivity index (χ1n) is 20.4. The van der Waals surface area contributed by atoms with Crippen molar-refractivity contribution in [2.45, 2.75) is 161 Å². The molecular formula is C42H66O12. The van der Waals surface area contributed by atoms with Gasteiger partial charge in [-0.3, -0.25) is 4.79 Å². The van der Waals surface area contributed by atoms with Crippen LogP contribution in [0, 0.1) is 56.7 Å². The van der Waals surface area contributed by atoms with Crippen LogP contribution in [0.4, 0.5) is 0 Å². The van der Waals surface area contributed by atoms with Gasteiger partial charge in [-0.15, -0.1) is 0 Å². The molecule has 5 saturated carbocycles. The molecule has 19 atom stereocenters. The van der Waals surface area contributed by atoms with E-state index >= 15 is 0 Å². The van der Waals surface area contributed by atoms with E-state index in [9.17, 15) is 45.6 Å². The van der Waals surface area contributed by atoms with Crippen molar-refractivity contribution in [1.82, 2.24) is 0 Å². The van der Waals surface area contributed by atoms with E-state index in [1.54, 1.807) is 0 Å². The lowest BCUT2D eigenvalue weighted by Crippen LogP contribution is -2.68. The number of rotatable bonds is 6. The standard InChI is InChI=1S/C42H66O12/c1-20-10-13-42(37(50)51)15-14-40(6)23(29(42)21(20)2)8-9-28-39(5)17-24(44)35(38(3,4)27(39)11-12-41(28,40)7)53-26-16-22(18-43)30(46)34(32(26)48)54-36-33(49)31(47)25(45)19-52-36/h8,21-22,24-36,43-49H,1,9-19H2,2-7H3,(H,50,51). The first-order chi connectivity index (χ1) is 25.2.